The molecule has 3 aromatic rings. The Morgan fingerprint density at radius 2 is 1.87 bits per heavy atom. The fourth-order valence-corrected chi connectivity index (χ4v) is 4.52. The number of anilines is 1. The van der Waals surface area contributed by atoms with E-state index in [0.29, 0.717) is 28.7 Å². The zero-order valence-corrected chi connectivity index (χ0v) is 17.7. The molecule has 0 spiro atoms. The zero-order chi connectivity index (χ0) is 22.0. The predicted molar refractivity (Wildman–Crippen MR) is 114 cm³/mol. The van der Waals surface area contributed by atoms with E-state index >= 15 is 0 Å². The molecule has 1 unspecified atom stereocenters. The summed E-state index contributed by atoms with van der Waals surface area (Å²) in [4.78, 5) is 26.6. The summed E-state index contributed by atoms with van der Waals surface area (Å²) in [5, 5.41) is 12.1. The lowest BCUT2D eigenvalue weighted by atomic mass is 9.98. The Labute approximate surface area is 185 Å². The molecule has 31 heavy (non-hydrogen) atoms. The molecule has 1 fully saturated rings. The molecule has 0 radical (unpaired) electrons. The van der Waals surface area contributed by atoms with Gasteiger partial charge in [-0.3, -0.25) is 9.59 Å². The number of carbonyl (C=O) groups is 2. The van der Waals surface area contributed by atoms with Gasteiger partial charge in [0.15, 0.2) is 0 Å². The molecule has 0 aliphatic carbocycles. The lowest BCUT2D eigenvalue weighted by Crippen LogP contribution is -2.39. The highest BCUT2D eigenvalue weighted by atomic mass is 35.5. The Kier molecular flexibility index (Phi) is 6.24. The van der Waals surface area contributed by atoms with Gasteiger partial charge in [-0.15, -0.1) is 10.2 Å². The van der Waals surface area contributed by atoms with Gasteiger partial charge >= 0.3 is 0 Å². The third-order valence-corrected chi connectivity index (χ3v) is 6.27. The summed E-state index contributed by atoms with van der Waals surface area (Å²) in [5.74, 6) is -3.05. The number of rotatable bonds is 4. The molecule has 0 saturated carbocycles. The Hall–Kier alpha value is -2.91. The Morgan fingerprint density at radius 3 is 2.61 bits per heavy atom. The molecule has 6 nitrogen and oxygen atoms in total. The van der Waals surface area contributed by atoms with Crippen LogP contribution in [0.3, 0.4) is 0 Å². The first-order valence-corrected chi connectivity index (χ1v) is 10.8. The minimum absolute atomic E-state index is 0.169. The molecule has 4 rings (SSSR count). The highest BCUT2D eigenvalue weighted by Crippen LogP contribution is 2.30. The number of nitrogens with zero attached hydrogens (tertiary/aromatic N) is 3. The molecule has 1 aromatic heterocycles. The SMILES string of the molecule is O=C(Nc1cccc(Cl)c1)c1nnc(C2CCCN(C(=O)c3c(F)cccc3F)C2)s1. The van der Waals surface area contributed by atoms with E-state index < -0.39 is 29.0 Å². The molecule has 1 aliphatic heterocycles. The smallest absolute Gasteiger partial charge is 0.286 e. The summed E-state index contributed by atoms with van der Waals surface area (Å²) in [6, 6.07) is 10.1. The number of aromatic nitrogens is 2. The number of amides is 2. The summed E-state index contributed by atoms with van der Waals surface area (Å²) in [6.45, 7) is 0.640. The normalized spacial score (nSPS) is 16.2. The fraction of sp³-hybridized carbons (Fsp3) is 0.238. The van der Waals surface area contributed by atoms with E-state index in [4.69, 9.17) is 11.6 Å². The first-order chi connectivity index (χ1) is 14.9. The monoisotopic (exact) mass is 462 g/mol. The first-order valence-electron chi connectivity index (χ1n) is 9.56. The summed E-state index contributed by atoms with van der Waals surface area (Å²) >= 11 is 7.06. The summed E-state index contributed by atoms with van der Waals surface area (Å²) in [6.07, 6.45) is 1.38. The van der Waals surface area contributed by atoms with Crippen LogP contribution < -0.4 is 5.32 Å². The largest absolute Gasteiger partial charge is 0.338 e. The number of carbonyl (C=O) groups excluding carboxylic acids is 2. The van der Waals surface area contributed by atoms with Crippen LogP contribution in [0.2, 0.25) is 5.02 Å². The van der Waals surface area contributed by atoms with E-state index in [-0.39, 0.29) is 17.5 Å². The van der Waals surface area contributed by atoms with Gasteiger partial charge in [0.1, 0.15) is 22.2 Å². The van der Waals surface area contributed by atoms with E-state index in [0.717, 1.165) is 29.9 Å². The predicted octanol–water partition coefficient (Wildman–Crippen LogP) is 4.74. The van der Waals surface area contributed by atoms with Crippen LogP contribution in [0.4, 0.5) is 14.5 Å². The highest BCUT2D eigenvalue weighted by molar-refractivity contribution is 7.13. The maximum atomic E-state index is 14.0. The van der Waals surface area contributed by atoms with Gasteiger partial charge in [-0.1, -0.05) is 35.1 Å². The van der Waals surface area contributed by atoms with E-state index in [1.54, 1.807) is 24.3 Å². The van der Waals surface area contributed by atoms with E-state index in [2.05, 4.69) is 15.5 Å². The zero-order valence-electron chi connectivity index (χ0n) is 16.1. The Morgan fingerprint density at radius 1 is 1.13 bits per heavy atom. The third kappa shape index (κ3) is 4.72. The van der Waals surface area contributed by atoms with Crippen LogP contribution in [-0.4, -0.2) is 40.0 Å². The number of hydrogen-bond acceptors (Lipinski definition) is 5. The molecule has 160 valence electrons. The minimum atomic E-state index is -0.886. The number of nitrogens with one attached hydrogen (secondary N) is 1. The van der Waals surface area contributed by atoms with Gasteiger partial charge in [-0.25, -0.2) is 8.78 Å². The summed E-state index contributed by atoms with van der Waals surface area (Å²) in [7, 11) is 0. The van der Waals surface area contributed by atoms with Gasteiger partial charge in [0, 0.05) is 29.7 Å². The molecule has 1 saturated heterocycles. The molecule has 0 bridgehead atoms. The molecular weight excluding hydrogens is 446 g/mol. The molecule has 1 N–H and O–H groups in total. The summed E-state index contributed by atoms with van der Waals surface area (Å²) in [5.41, 5.74) is -0.0161. The van der Waals surface area contributed by atoms with Crippen LogP contribution >= 0.6 is 22.9 Å². The number of benzene rings is 2. The molecule has 1 atom stereocenters. The van der Waals surface area contributed by atoms with Crippen molar-refractivity contribution in [2.75, 3.05) is 18.4 Å². The van der Waals surface area contributed by atoms with Crippen molar-refractivity contribution >= 4 is 40.4 Å². The van der Waals surface area contributed by atoms with Crippen molar-refractivity contribution in [3.05, 3.63) is 74.7 Å². The molecule has 1 aliphatic rings. The van der Waals surface area contributed by atoms with Crippen LogP contribution in [0.25, 0.3) is 0 Å². The number of halogens is 3. The van der Waals surface area contributed by atoms with Crippen LogP contribution in [0.15, 0.2) is 42.5 Å². The number of likely N-dealkylation sites (tertiary alicyclic amines) is 1. The van der Waals surface area contributed by atoms with Crippen LogP contribution in [-0.2, 0) is 0 Å². The van der Waals surface area contributed by atoms with Crippen molar-refractivity contribution in [3.8, 4) is 0 Å². The standard InChI is InChI=1S/C21H17ClF2N4O2S/c22-13-5-1-6-14(10-13)25-18(29)20-27-26-19(31-20)12-4-3-9-28(11-12)21(30)17-15(23)7-2-8-16(17)24/h1-2,5-8,10,12H,3-4,9,11H2,(H,25,29). The molecule has 2 aromatic carbocycles. The minimum Gasteiger partial charge on any atom is -0.338 e. The lowest BCUT2D eigenvalue weighted by molar-refractivity contribution is 0.0696. The topological polar surface area (TPSA) is 75.2 Å². The van der Waals surface area contributed by atoms with Gasteiger partial charge in [-0.2, -0.15) is 0 Å². The maximum absolute atomic E-state index is 14.0. The van der Waals surface area contributed by atoms with Crippen molar-refractivity contribution in [2.45, 2.75) is 18.8 Å². The van der Waals surface area contributed by atoms with Crippen LogP contribution in [0.5, 0.6) is 0 Å². The van der Waals surface area contributed by atoms with Crippen molar-refractivity contribution in [3.63, 3.8) is 0 Å². The van der Waals surface area contributed by atoms with Crippen molar-refractivity contribution in [1.29, 1.82) is 0 Å². The Bertz CT molecular complexity index is 1120. The van der Waals surface area contributed by atoms with Crippen LogP contribution in [0, 0.1) is 11.6 Å². The number of hydrogen-bond donors (Lipinski definition) is 1. The van der Waals surface area contributed by atoms with E-state index in [9.17, 15) is 18.4 Å². The second-order valence-corrected chi connectivity index (χ2v) is 8.54. The number of piperidine rings is 1. The fourth-order valence-electron chi connectivity index (χ4n) is 3.47. The lowest BCUT2D eigenvalue weighted by Gasteiger charge is -2.31. The average Bonchev–Trinajstić information content (AvgIpc) is 3.24. The van der Waals surface area contributed by atoms with Crippen molar-refractivity contribution in [2.24, 2.45) is 0 Å². The second kappa shape index (κ2) is 9.07. The maximum Gasteiger partial charge on any atom is 0.286 e. The quantitative estimate of drug-likeness (QED) is 0.607. The van der Waals surface area contributed by atoms with Gasteiger partial charge in [0.25, 0.3) is 11.8 Å². The van der Waals surface area contributed by atoms with E-state index in [1.807, 2.05) is 0 Å². The van der Waals surface area contributed by atoms with Crippen LogP contribution in [0.1, 0.15) is 43.9 Å². The average molecular weight is 463 g/mol. The molecule has 2 heterocycles. The third-order valence-electron chi connectivity index (χ3n) is 4.95. The van der Waals surface area contributed by atoms with Crippen molar-refractivity contribution in [1.82, 2.24) is 15.1 Å². The van der Waals surface area contributed by atoms with Gasteiger partial charge in [0.05, 0.1) is 0 Å². The highest BCUT2D eigenvalue weighted by Gasteiger charge is 2.31. The molecule has 10 heteroatoms. The summed E-state index contributed by atoms with van der Waals surface area (Å²) < 4.78 is 28.0. The first kappa shape index (κ1) is 21.3. The van der Waals surface area contributed by atoms with Crippen molar-refractivity contribution < 1.29 is 18.4 Å². The molecular formula is C21H17ClF2N4O2S. The Balaban J connectivity index is 1.46. The van der Waals surface area contributed by atoms with Gasteiger partial charge in [-0.05, 0) is 43.2 Å². The van der Waals surface area contributed by atoms with Gasteiger partial charge < -0.3 is 10.2 Å². The second-order valence-electron chi connectivity index (χ2n) is 7.10. The molecule has 2 amide bonds. The van der Waals surface area contributed by atoms with Gasteiger partial charge in [0.2, 0.25) is 5.01 Å². The van der Waals surface area contributed by atoms with E-state index in [1.165, 1.54) is 11.0 Å².